The Bertz CT molecular complexity index is 507. The van der Waals surface area contributed by atoms with Crippen molar-refractivity contribution in [2.24, 2.45) is 0 Å². The summed E-state index contributed by atoms with van der Waals surface area (Å²) < 4.78 is 14.0. The summed E-state index contributed by atoms with van der Waals surface area (Å²) in [6, 6.07) is 2.89. The smallest absolute Gasteiger partial charge is 0.293 e. The van der Waals surface area contributed by atoms with Crippen LogP contribution in [0.4, 0.5) is 15.8 Å². The first-order valence-corrected chi connectivity index (χ1v) is 7.72. The van der Waals surface area contributed by atoms with E-state index in [1.54, 1.807) is 22.6 Å². The normalized spacial score (nSPS) is 18.2. The molecular weight excluding hydrogens is 376 g/mol. The topological polar surface area (TPSA) is 58.4 Å². The lowest BCUT2D eigenvalue weighted by Crippen LogP contribution is -2.37. The molecule has 20 heavy (non-hydrogen) atoms. The van der Waals surface area contributed by atoms with Crippen molar-refractivity contribution in [3.05, 3.63) is 31.6 Å². The van der Waals surface area contributed by atoms with E-state index in [-0.39, 0.29) is 9.26 Å². The first-order chi connectivity index (χ1) is 9.52. The van der Waals surface area contributed by atoms with Crippen molar-refractivity contribution in [2.75, 3.05) is 24.5 Å². The molecule has 1 aliphatic rings. The minimum atomic E-state index is -0.443. The number of nitro benzene ring substituents is 1. The highest BCUT2D eigenvalue weighted by Gasteiger charge is 2.24. The van der Waals surface area contributed by atoms with Crippen molar-refractivity contribution in [1.82, 2.24) is 5.32 Å². The quantitative estimate of drug-likeness (QED) is 0.475. The first kappa shape index (κ1) is 15.4. The fourth-order valence-corrected chi connectivity index (χ4v) is 2.95. The summed E-state index contributed by atoms with van der Waals surface area (Å²) in [6.45, 7) is 4.18. The fourth-order valence-electron chi connectivity index (χ4n) is 2.50. The lowest BCUT2D eigenvalue weighted by atomic mass is 10.2. The number of rotatable bonds is 5. The van der Waals surface area contributed by atoms with Gasteiger partial charge in [-0.05, 0) is 48.9 Å². The third-order valence-corrected chi connectivity index (χ3v) is 4.37. The SMILES string of the molecule is CCN(CC1CCCN1)c1cc(F)c(I)cc1[N+](=O)[O-]. The highest BCUT2D eigenvalue weighted by atomic mass is 127. The Morgan fingerprint density at radius 2 is 2.35 bits per heavy atom. The summed E-state index contributed by atoms with van der Waals surface area (Å²) in [4.78, 5) is 12.6. The van der Waals surface area contributed by atoms with Gasteiger partial charge in [-0.25, -0.2) is 4.39 Å². The number of hydrogen-bond acceptors (Lipinski definition) is 4. The van der Waals surface area contributed by atoms with Gasteiger partial charge in [0.15, 0.2) is 0 Å². The number of hydrogen-bond donors (Lipinski definition) is 1. The Labute approximate surface area is 130 Å². The molecular formula is C13H17FIN3O2. The van der Waals surface area contributed by atoms with Crippen molar-refractivity contribution in [2.45, 2.75) is 25.8 Å². The maximum atomic E-state index is 13.8. The molecule has 110 valence electrons. The molecule has 2 rings (SSSR count). The number of benzene rings is 1. The summed E-state index contributed by atoms with van der Waals surface area (Å²) in [7, 11) is 0. The minimum Gasteiger partial charge on any atom is -0.365 e. The van der Waals surface area contributed by atoms with E-state index in [0.717, 1.165) is 19.4 Å². The van der Waals surface area contributed by atoms with Crippen LogP contribution in [-0.2, 0) is 0 Å². The molecule has 1 heterocycles. The number of nitrogens with one attached hydrogen (secondary N) is 1. The van der Waals surface area contributed by atoms with Crippen LogP contribution >= 0.6 is 22.6 Å². The van der Waals surface area contributed by atoms with Gasteiger partial charge in [0.2, 0.25) is 0 Å². The second kappa shape index (κ2) is 6.66. The van der Waals surface area contributed by atoms with Gasteiger partial charge in [0.05, 0.1) is 8.49 Å². The van der Waals surface area contributed by atoms with Crippen LogP contribution in [0.5, 0.6) is 0 Å². The zero-order valence-corrected chi connectivity index (χ0v) is 13.4. The molecule has 0 amide bonds. The largest absolute Gasteiger partial charge is 0.365 e. The minimum absolute atomic E-state index is 0.0318. The predicted octanol–water partition coefficient (Wildman–Crippen LogP) is 2.92. The number of likely N-dealkylation sites (N-methyl/N-ethyl adjacent to an activating group) is 1. The molecule has 1 aromatic rings. The van der Waals surface area contributed by atoms with Crippen LogP contribution in [-0.4, -0.2) is 30.6 Å². The van der Waals surface area contributed by atoms with Gasteiger partial charge in [0.25, 0.3) is 5.69 Å². The van der Waals surface area contributed by atoms with E-state index in [0.29, 0.717) is 24.8 Å². The zero-order valence-electron chi connectivity index (χ0n) is 11.2. The highest BCUT2D eigenvalue weighted by Crippen LogP contribution is 2.32. The molecule has 1 unspecified atom stereocenters. The first-order valence-electron chi connectivity index (χ1n) is 6.64. The van der Waals surface area contributed by atoms with Gasteiger partial charge in [0.1, 0.15) is 11.5 Å². The third kappa shape index (κ3) is 3.38. The van der Waals surface area contributed by atoms with Gasteiger partial charge in [-0.1, -0.05) is 0 Å². The Balaban J connectivity index is 2.31. The van der Waals surface area contributed by atoms with Crippen molar-refractivity contribution >= 4 is 34.0 Å². The average molecular weight is 393 g/mol. The lowest BCUT2D eigenvalue weighted by Gasteiger charge is -2.26. The zero-order chi connectivity index (χ0) is 14.7. The molecule has 1 aromatic carbocycles. The van der Waals surface area contributed by atoms with E-state index in [4.69, 9.17) is 0 Å². The molecule has 1 saturated heterocycles. The molecule has 0 radical (unpaired) electrons. The standard InChI is InChI=1S/C13H17FIN3O2/c1-2-17(8-9-4-3-5-16-9)12-6-10(14)11(15)7-13(12)18(19)20/h6-7,9,16H,2-5,8H2,1H3. The molecule has 0 bridgehead atoms. The summed E-state index contributed by atoms with van der Waals surface area (Å²) in [5, 5.41) is 14.5. The maximum absolute atomic E-state index is 13.8. The van der Waals surface area contributed by atoms with E-state index in [1.165, 1.54) is 12.1 Å². The van der Waals surface area contributed by atoms with Crippen molar-refractivity contribution in [3.63, 3.8) is 0 Å². The summed E-state index contributed by atoms with van der Waals surface area (Å²) >= 11 is 1.78. The molecule has 1 N–H and O–H groups in total. The van der Waals surface area contributed by atoms with Crippen LogP contribution in [0, 0.1) is 19.5 Å². The molecule has 1 atom stereocenters. The van der Waals surface area contributed by atoms with E-state index in [2.05, 4.69) is 5.32 Å². The molecule has 5 nitrogen and oxygen atoms in total. The van der Waals surface area contributed by atoms with Crippen LogP contribution < -0.4 is 10.2 Å². The van der Waals surface area contributed by atoms with Crippen LogP contribution in [0.15, 0.2) is 12.1 Å². The Hall–Kier alpha value is -0.960. The fraction of sp³-hybridized carbons (Fsp3) is 0.538. The van der Waals surface area contributed by atoms with E-state index >= 15 is 0 Å². The van der Waals surface area contributed by atoms with E-state index in [1.807, 2.05) is 11.8 Å². The molecule has 0 saturated carbocycles. The Kier molecular flexibility index (Phi) is 5.14. The molecule has 1 aliphatic heterocycles. The van der Waals surface area contributed by atoms with Crippen LogP contribution in [0.25, 0.3) is 0 Å². The van der Waals surface area contributed by atoms with Crippen LogP contribution in [0.3, 0.4) is 0 Å². The lowest BCUT2D eigenvalue weighted by molar-refractivity contribution is -0.384. The van der Waals surface area contributed by atoms with Gasteiger partial charge in [0, 0.05) is 31.3 Å². The Morgan fingerprint density at radius 1 is 1.60 bits per heavy atom. The highest BCUT2D eigenvalue weighted by molar-refractivity contribution is 14.1. The summed E-state index contributed by atoms with van der Waals surface area (Å²) in [5.41, 5.74) is 0.333. The summed E-state index contributed by atoms with van der Waals surface area (Å²) in [5.74, 6) is -0.413. The average Bonchev–Trinajstić information content (AvgIpc) is 2.91. The molecule has 0 aliphatic carbocycles. The van der Waals surface area contributed by atoms with Gasteiger partial charge in [-0.2, -0.15) is 0 Å². The van der Waals surface area contributed by atoms with Crippen molar-refractivity contribution in [3.8, 4) is 0 Å². The maximum Gasteiger partial charge on any atom is 0.293 e. The monoisotopic (exact) mass is 393 g/mol. The predicted molar refractivity (Wildman–Crippen MR) is 84.7 cm³/mol. The van der Waals surface area contributed by atoms with Gasteiger partial charge in [-0.3, -0.25) is 10.1 Å². The molecule has 7 heteroatoms. The second-order valence-electron chi connectivity index (χ2n) is 4.84. The van der Waals surface area contributed by atoms with E-state index < -0.39 is 10.7 Å². The number of nitro groups is 1. The van der Waals surface area contributed by atoms with Crippen molar-refractivity contribution < 1.29 is 9.31 Å². The van der Waals surface area contributed by atoms with Crippen molar-refractivity contribution in [1.29, 1.82) is 0 Å². The van der Waals surface area contributed by atoms with Gasteiger partial charge in [-0.15, -0.1) is 0 Å². The number of halogens is 2. The second-order valence-corrected chi connectivity index (χ2v) is 6.01. The summed E-state index contributed by atoms with van der Waals surface area (Å²) in [6.07, 6.45) is 2.17. The third-order valence-electron chi connectivity index (χ3n) is 3.54. The molecule has 0 spiro atoms. The molecule has 1 fully saturated rings. The molecule has 0 aromatic heterocycles. The van der Waals surface area contributed by atoms with Crippen LogP contribution in [0.1, 0.15) is 19.8 Å². The number of nitrogens with zero attached hydrogens (tertiary/aromatic N) is 2. The van der Waals surface area contributed by atoms with Crippen LogP contribution in [0.2, 0.25) is 0 Å². The Morgan fingerprint density at radius 3 is 2.90 bits per heavy atom. The van der Waals surface area contributed by atoms with E-state index in [9.17, 15) is 14.5 Å². The van der Waals surface area contributed by atoms with Gasteiger partial charge >= 0.3 is 0 Å². The van der Waals surface area contributed by atoms with Gasteiger partial charge < -0.3 is 10.2 Å². The number of anilines is 1.